The van der Waals surface area contributed by atoms with Crippen LogP contribution < -0.4 is 10.5 Å². The van der Waals surface area contributed by atoms with Crippen molar-refractivity contribution in [1.82, 2.24) is 4.98 Å². The maximum atomic E-state index is 5.74. The first-order valence-corrected chi connectivity index (χ1v) is 5.67. The summed E-state index contributed by atoms with van der Waals surface area (Å²) in [7, 11) is 0. The third kappa shape index (κ3) is 2.63. The van der Waals surface area contributed by atoms with Gasteiger partial charge in [-0.3, -0.25) is 0 Å². The third-order valence-corrected chi connectivity index (χ3v) is 2.57. The first kappa shape index (κ1) is 11.6. The highest BCUT2D eigenvalue weighted by Crippen LogP contribution is 2.21. The molecule has 0 atom stereocenters. The van der Waals surface area contributed by atoms with Gasteiger partial charge in [0.05, 0.1) is 12.1 Å². The largest absolute Gasteiger partial charge is 0.477 e. The van der Waals surface area contributed by atoms with E-state index in [4.69, 9.17) is 10.5 Å². The molecule has 0 saturated carbocycles. The predicted octanol–water partition coefficient (Wildman–Crippen LogP) is 2.65. The van der Waals surface area contributed by atoms with Crippen molar-refractivity contribution in [3.8, 4) is 5.88 Å². The zero-order valence-electron chi connectivity index (χ0n) is 9.73. The van der Waals surface area contributed by atoms with Crippen molar-refractivity contribution >= 4 is 10.9 Å². The highest BCUT2D eigenvalue weighted by molar-refractivity contribution is 5.82. The van der Waals surface area contributed by atoms with Crippen molar-refractivity contribution in [2.24, 2.45) is 5.73 Å². The minimum Gasteiger partial charge on any atom is -0.477 e. The van der Waals surface area contributed by atoms with E-state index in [-0.39, 0.29) is 0 Å². The first-order chi connectivity index (χ1) is 8.35. The Morgan fingerprint density at radius 1 is 1.35 bits per heavy atom. The number of ether oxygens (including phenoxy) is 1. The normalized spacial score (nSPS) is 10.4. The Balaban J connectivity index is 2.34. The molecule has 0 amide bonds. The van der Waals surface area contributed by atoms with E-state index in [9.17, 15) is 0 Å². The number of hydrogen-bond acceptors (Lipinski definition) is 3. The van der Waals surface area contributed by atoms with Crippen molar-refractivity contribution in [3.05, 3.63) is 48.6 Å². The third-order valence-electron chi connectivity index (χ3n) is 2.57. The van der Waals surface area contributed by atoms with E-state index in [0.717, 1.165) is 22.9 Å². The van der Waals surface area contributed by atoms with Gasteiger partial charge in [0.25, 0.3) is 0 Å². The highest BCUT2D eigenvalue weighted by Gasteiger charge is 2.04. The van der Waals surface area contributed by atoms with Crippen LogP contribution in [0.1, 0.15) is 12.0 Å². The quantitative estimate of drug-likeness (QED) is 0.632. The van der Waals surface area contributed by atoms with Gasteiger partial charge >= 0.3 is 0 Å². The fraction of sp³-hybridized carbons (Fsp3) is 0.214. The monoisotopic (exact) mass is 228 g/mol. The van der Waals surface area contributed by atoms with Crippen LogP contribution in [0.4, 0.5) is 0 Å². The molecule has 1 aromatic carbocycles. The summed E-state index contributed by atoms with van der Waals surface area (Å²) in [4.78, 5) is 4.44. The van der Waals surface area contributed by atoms with Crippen molar-refractivity contribution in [2.45, 2.75) is 13.0 Å². The lowest BCUT2D eigenvalue weighted by molar-refractivity contribution is 0.313. The molecule has 88 valence electrons. The fourth-order valence-electron chi connectivity index (χ4n) is 1.71. The van der Waals surface area contributed by atoms with Gasteiger partial charge < -0.3 is 10.5 Å². The molecule has 2 N–H and O–H groups in total. The summed E-state index contributed by atoms with van der Waals surface area (Å²) in [6, 6.07) is 9.85. The molecule has 2 aromatic rings. The Kier molecular flexibility index (Phi) is 3.73. The van der Waals surface area contributed by atoms with Gasteiger partial charge in [-0.25, -0.2) is 4.98 Å². The lowest BCUT2D eigenvalue weighted by atomic mass is 10.1. The van der Waals surface area contributed by atoms with Crippen LogP contribution in [-0.4, -0.2) is 11.6 Å². The van der Waals surface area contributed by atoms with Gasteiger partial charge in [-0.15, -0.1) is 6.58 Å². The SMILES string of the molecule is C=CCCOc1cc(CN)c2ccccc2n1. The van der Waals surface area contributed by atoms with Crippen molar-refractivity contribution < 1.29 is 4.74 Å². The van der Waals surface area contributed by atoms with E-state index in [0.29, 0.717) is 19.0 Å². The summed E-state index contributed by atoms with van der Waals surface area (Å²) in [6.45, 7) is 4.74. The summed E-state index contributed by atoms with van der Waals surface area (Å²) in [6.07, 6.45) is 2.64. The highest BCUT2D eigenvalue weighted by atomic mass is 16.5. The van der Waals surface area contributed by atoms with Gasteiger partial charge in [0.2, 0.25) is 5.88 Å². The van der Waals surface area contributed by atoms with Gasteiger partial charge in [0.1, 0.15) is 0 Å². The summed E-state index contributed by atoms with van der Waals surface area (Å²) in [5.41, 5.74) is 7.72. The Morgan fingerprint density at radius 2 is 2.18 bits per heavy atom. The van der Waals surface area contributed by atoms with Crippen LogP contribution in [0.3, 0.4) is 0 Å². The summed E-state index contributed by atoms with van der Waals surface area (Å²) >= 11 is 0. The lowest BCUT2D eigenvalue weighted by Crippen LogP contribution is -2.02. The number of nitrogens with two attached hydrogens (primary N) is 1. The molecule has 0 aliphatic rings. The van der Waals surface area contributed by atoms with E-state index >= 15 is 0 Å². The number of hydrogen-bond donors (Lipinski definition) is 1. The zero-order chi connectivity index (χ0) is 12.1. The van der Waals surface area contributed by atoms with Gasteiger partial charge in [-0.2, -0.15) is 0 Å². The topological polar surface area (TPSA) is 48.1 Å². The molecule has 0 unspecified atom stereocenters. The number of fused-ring (bicyclic) bond motifs is 1. The molecule has 0 aliphatic heterocycles. The molecular formula is C14H16N2O. The Labute approximate surface area is 101 Å². The average Bonchev–Trinajstić information content (AvgIpc) is 2.38. The molecule has 3 heteroatoms. The molecule has 17 heavy (non-hydrogen) atoms. The molecule has 1 aromatic heterocycles. The second-order valence-corrected chi connectivity index (χ2v) is 3.77. The predicted molar refractivity (Wildman–Crippen MR) is 69.9 cm³/mol. The Hall–Kier alpha value is -1.87. The number of nitrogens with zero attached hydrogens (tertiary/aromatic N) is 1. The number of aromatic nitrogens is 1. The van der Waals surface area contributed by atoms with Gasteiger partial charge in [0, 0.05) is 18.0 Å². The van der Waals surface area contributed by atoms with Crippen LogP contribution in [0, 0.1) is 0 Å². The summed E-state index contributed by atoms with van der Waals surface area (Å²) < 4.78 is 5.56. The molecule has 0 radical (unpaired) electrons. The molecule has 0 spiro atoms. The van der Waals surface area contributed by atoms with Crippen LogP contribution in [0.5, 0.6) is 5.88 Å². The molecule has 0 saturated heterocycles. The fourth-order valence-corrected chi connectivity index (χ4v) is 1.71. The second kappa shape index (κ2) is 5.46. The molecule has 0 fully saturated rings. The molecule has 0 bridgehead atoms. The van der Waals surface area contributed by atoms with Crippen LogP contribution >= 0.6 is 0 Å². The molecular weight excluding hydrogens is 212 g/mol. The number of pyridine rings is 1. The van der Waals surface area contributed by atoms with E-state index < -0.39 is 0 Å². The Morgan fingerprint density at radius 3 is 2.94 bits per heavy atom. The van der Waals surface area contributed by atoms with Crippen molar-refractivity contribution in [3.63, 3.8) is 0 Å². The summed E-state index contributed by atoms with van der Waals surface area (Å²) in [5.74, 6) is 0.631. The average molecular weight is 228 g/mol. The zero-order valence-corrected chi connectivity index (χ0v) is 9.73. The molecule has 1 heterocycles. The van der Waals surface area contributed by atoms with E-state index in [1.165, 1.54) is 0 Å². The maximum Gasteiger partial charge on any atom is 0.214 e. The minimum absolute atomic E-state index is 0.487. The van der Waals surface area contributed by atoms with E-state index in [1.807, 2.05) is 36.4 Å². The first-order valence-electron chi connectivity index (χ1n) is 5.67. The van der Waals surface area contributed by atoms with Gasteiger partial charge in [0.15, 0.2) is 0 Å². The Bertz CT molecular complexity index is 523. The smallest absolute Gasteiger partial charge is 0.214 e. The molecule has 3 nitrogen and oxygen atoms in total. The van der Waals surface area contributed by atoms with Crippen LogP contribution in [0.25, 0.3) is 10.9 Å². The van der Waals surface area contributed by atoms with Gasteiger partial charge in [-0.1, -0.05) is 24.3 Å². The van der Waals surface area contributed by atoms with Gasteiger partial charge in [-0.05, 0) is 18.1 Å². The van der Waals surface area contributed by atoms with E-state index in [2.05, 4.69) is 11.6 Å². The molecule has 0 aliphatic carbocycles. The maximum absolute atomic E-state index is 5.74. The van der Waals surface area contributed by atoms with Crippen LogP contribution in [0.2, 0.25) is 0 Å². The standard InChI is InChI=1S/C14H16N2O/c1-2-3-8-17-14-9-11(10-15)12-6-4-5-7-13(12)16-14/h2,4-7,9H,1,3,8,10,15H2. The minimum atomic E-state index is 0.487. The number of para-hydroxylation sites is 1. The molecule has 2 rings (SSSR count). The summed E-state index contributed by atoms with van der Waals surface area (Å²) in [5, 5.41) is 1.09. The second-order valence-electron chi connectivity index (χ2n) is 3.77. The number of rotatable bonds is 5. The number of benzene rings is 1. The van der Waals surface area contributed by atoms with Crippen LogP contribution in [-0.2, 0) is 6.54 Å². The van der Waals surface area contributed by atoms with Crippen LogP contribution in [0.15, 0.2) is 43.0 Å². The van der Waals surface area contributed by atoms with Crippen molar-refractivity contribution in [1.29, 1.82) is 0 Å². The van der Waals surface area contributed by atoms with E-state index in [1.54, 1.807) is 0 Å². The van der Waals surface area contributed by atoms with Crippen molar-refractivity contribution in [2.75, 3.05) is 6.61 Å². The lowest BCUT2D eigenvalue weighted by Gasteiger charge is -2.08.